The predicted octanol–water partition coefficient (Wildman–Crippen LogP) is 4.99. The van der Waals surface area contributed by atoms with Crippen LogP contribution < -0.4 is 0 Å². The second kappa shape index (κ2) is 9.59. The molecule has 1 aliphatic heterocycles. The van der Waals surface area contributed by atoms with Crippen molar-refractivity contribution in [1.29, 1.82) is 0 Å². The molecule has 0 N–H and O–H groups in total. The van der Waals surface area contributed by atoms with Gasteiger partial charge in [0.2, 0.25) is 0 Å². The van der Waals surface area contributed by atoms with Gasteiger partial charge in [0.1, 0.15) is 0 Å². The van der Waals surface area contributed by atoms with Crippen LogP contribution in [0.2, 0.25) is 0 Å². The topological polar surface area (TPSA) is 24.7 Å². The van der Waals surface area contributed by atoms with E-state index < -0.39 is 0 Å². The van der Waals surface area contributed by atoms with Gasteiger partial charge in [0.05, 0.1) is 17.5 Å². The summed E-state index contributed by atoms with van der Waals surface area (Å²) in [5.74, 6) is 0. The van der Waals surface area contributed by atoms with E-state index in [2.05, 4.69) is 21.1 Å². The van der Waals surface area contributed by atoms with E-state index in [1.807, 2.05) is 0 Å². The molecule has 0 atom stereocenters. The first-order valence-electron chi connectivity index (χ1n) is 5.34. The summed E-state index contributed by atoms with van der Waals surface area (Å²) in [5.41, 5.74) is 0. The van der Waals surface area contributed by atoms with Gasteiger partial charge in [-0.05, 0) is 35.5 Å². The van der Waals surface area contributed by atoms with Crippen LogP contribution >= 0.6 is 21.8 Å². The fraction of sp³-hybridized carbons (Fsp3) is 0.800. The molecule has 0 bridgehead atoms. The van der Waals surface area contributed by atoms with Gasteiger partial charge in [-0.25, -0.2) is 0 Å². The predicted molar refractivity (Wildman–Crippen MR) is 66.4 cm³/mol. The van der Waals surface area contributed by atoms with Crippen molar-refractivity contribution in [3.05, 3.63) is 11.5 Å². The van der Waals surface area contributed by atoms with E-state index in [4.69, 9.17) is 0 Å². The number of rotatable bonds is 0. The van der Waals surface area contributed by atoms with Crippen LogP contribution in [0.5, 0.6) is 0 Å². The first-order chi connectivity index (χ1) is 7.00. The van der Waals surface area contributed by atoms with Crippen molar-refractivity contribution in [2.75, 3.05) is 6.54 Å². The second-order valence-corrected chi connectivity index (χ2v) is 5.20. The molecule has 0 amide bonds. The van der Waals surface area contributed by atoms with E-state index in [1.165, 1.54) is 55.9 Å². The molecule has 0 saturated carbocycles. The number of allylic oxidation sites excluding steroid dienone is 1. The minimum Gasteiger partial charge on any atom is -0.181 e. The molecule has 0 aromatic rings. The molecule has 1 rings (SSSR count). The van der Waals surface area contributed by atoms with E-state index >= 15 is 0 Å². The Hall–Kier alpha value is 0.0400. The third-order valence-electron chi connectivity index (χ3n) is 2.16. The molecule has 0 fully saturated rings. The summed E-state index contributed by atoms with van der Waals surface area (Å²) in [4.78, 5) is 0. The van der Waals surface area contributed by atoms with E-state index in [9.17, 15) is 0 Å². The Morgan fingerprint density at radius 3 is 2.64 bits per heavy atom. The maximum atomic E-state index is 4.09. The van der Waals surface area contributed by atoms with Gasteiger partial charge in [0.15, 0.2) is 0 Å². The summed E-state index contributed by atoms with van der Waals surface area (Å²) in [6.45, 7) is 0.900. The third-order valence-corrected chi connectivity index (χ3v) is 3.53. The lowest BCUT2D eigenvalue weighted by molar-refractivity contribution is 0.598. The van der Waals surface area contributed by atoms with Gasteiger partial charge in [-0.3, -0.25) is 0 Å². The fourth-order valence-corrected chi connectivity index (χ4v) is 2.44. The molecule has 1 aliphatic rings. The van der Waals surface area contributed by atoms with Crippen molar-refractivity contribution in [3.8, 4) is 0 Å². The minimum absolute atomic E-state index is 0.900. The fourth-order valence-electron chi connectivity index (χ4n) is 1.37. The Labute approximate surface area is 94.6 Å². The molecule has 1 heterocycles. The highest BCUT2D eigenvalue weighted by molar-refractivity contribution is 8.77. The summed E-state index contributed by atoms with van der Waals surface area (Å²) < 4.78 is 4.01. The van der Waals surface area contributed by atoms with Gasteiger partial charge >= 0.3 is 0 Å². The van der Waals surface area contributed by atoms with Crippen molar-refractivity contribution < 1.29 is 0 Å². The van der Waals surface area contributed by atoms with Gasteiger partial charge in [-0.1, -0.05) is 31.8 Å². The van der Waals surface area contributed by atoms with E-state index in [0.717, 1.165) is 6.54 Å². The van der Waals surface area contributed by atoms with Gasteiger partial charge in [0, 0.05) is 0 Å². The Morgan fingerprint density at radius 1 is 0.929 bits per heavy atom. The van der Waals surface area contributed by atoms with E-state index in [-0.39, 0.29) is 0 Å². The lowest BCUT2D eigenvalue weighted by Crippen LogP contribution is -1.82. The van der Waals surface area contributed by atoms with Crippen LogP contribution in [0.4, 0.5) is 0 Å². The largest absolute Gasteiger partial charge is 0.181 e. The maximum Gasteiger partial charge on any atom is 0.0716 e. The molecule has 0 spiro atoms. The third kappa shape index (κ3) is 7.44. The zero-order valence-electron chi connectivity index (χ0n) is 8.52. The van der Waals surface area contributed by atoms with E-state index in [0.29, 0.717) is 0 Å². The molecule has 0 unspecified atom stereocenters. The summed E-state index contributed by atoms with van der Waals surface area (Å²) in [5, 5.41) is 6.21. The highest BCUT2D eigenvalue weighted by Gasteiger charge is 1.91. The lowest BCUT2D eigenvalue weighted by Gasteiger charge is -1.99. The van der Waals surface area contributed by atoms with Crippen molar-refractivity contribution in [2.24, 2.45) is 9.63 Å². The van der Waals surface area contributed by atoms with Gasteiger partial charge in [-0.2, -0.15) is 5.11 Å². The zero-order chi connectivity index (χ0) is 9.90. The number of hydrogen-bond donors (Lipinski definition) is 0. The van der Waals surface area contributed by atoms with Crippen LogP contribution in [0.1, 0.15) is 44.9 Å². The maximum absolute atomic E-state index is 4.09. The van der Waals surface area contributed by atoms with Crippen molar-refractivity contribution in [3.63, 3.8) is 0 Å². The molecular formula is C10H18N2S2. The van der Waals surface area contributed by atoms with Gasteiger partial charge in [-0.15, -0.1) is 4.52 Å². The van der Waals surface area contributed by atoms with E-state index in [1.54, 1.807) is 10.8 Å². The average molecular weight is 230 g/mol. The number of nitrogens with zero attached hydrogens (tertiary/aromatic N) is 2. The highest BCUT2D eigenvalue weighted by atomic mass is 33.1. The first kappa shape index (κ1) is 12.1. The summed E-state index contributed by atoms with van der Waals surface area (Å²) in [6, 6.07) is 0. The standard InChI is InChI=1S/C10H18N2S2/c1-2-4-6-8-10-13-14-12-11-9-7-5-3-1/h8,10H,1-7,9H2/b10-8-,12-11+. The van der Waals surface area contributed by atoms with Gasteiger partial charge < -0.3 is 0 Å². The van der Waals surface area contributed by atoms with Crippen molar-refractivity contribution in [2.45, 2.75) is 44.9 Å². The summed E-state index contributed by atoms with van der Waals surface area (Å²) in [6.07, 6.45) is 11.4. The molecule has 0 aliphatic carbocycles. The second-order valence-electron chi connectivity index (χ2n) is 3.40. The zero-order valence-corrected chi connectivity index (χ0v) is 10.2. The Kier molecular flexibility index (Phi) is 8.30. The SMILES string of the molecule is C1=C\SS/N=N/CCCCCCCC/1. The molecule has 0 saturated heterocycles. The molecule has 2 nitrogen and oxygen atoms in total. The average Bonchev–Trinajstić information content (AvgIpc) is 2.22. The summed E-state index contributed by atoms with van der Waals surface area (Å²) in [7, 11) is 3.12. The Bertz CT molecular complexity index is 161. The monoisotopic (exact) mass is 230 g/mol. The molecule has 0 radical (unpaired) electrons. The minimum atomic E-state index is 0.900. The van der Waals surface area contributed by atoms with Crippen LogP contribution in [0.25, 0.3) is 0 Å². The quantitative estimate of drug-likeness (QED) is 0.432. The van der Waals surface area contributed by atoms with Crippen LogP contribution in [-0.4, -0.2) is 6.54 Å². The molecular weight excluding hydrogens is 212 g/mol. The van der Waals surface area contributed by atoms with Crippen molar-refractivity contribution in [1.82, 2.24) is 0 Å². The molecule has 0 aromatic heterocycles. The van der Waals surface area contributed by atoms with Crippen LogP contribution in [0.3, 0.4) is 0 Å². The molecule has 80 valence electrons. The highest BCUT2D eigenvalue weighted by Crippen LogP contribution is 2.24. The number of hydrogen-bond acceptors (Lipinski definition) is 4. The Balaban J connectivity index is 2.17. The Morgan fingerprint density at radius 2 is 1.71 bits per heavy atom. The summed E-state index contributed by atoms with van der Waals surface area (Å²) >= 11 is 0. The molecule has 0 aromatic carbocycles. The van der Waals surface area contributed by atoms with Crippen LogP contribution in [0, 0.1) is 0 Å². The normalized spacial score (nSPS) is 26.3. The molecule has 4 heteroatoms. The molecule has 14 heavy (non-hydrogen) atoms. The first-order valence-corrected chi connectivity index (χ1v) is 7.51. The smallest absolute Gasteiger partial charge is 0.0716 e. The van der Waals surface area contributed by atoms with Gasteiger partial charge in [0.25, 0.3) is 0 Å². The van der Waals surface area contributed by atoms with Crippen LogP contribution in [0.15, 0.2) is 21.1 Å². The van der Waals surface area contributed by atoms with Crippen LogP contribution in [-0.2, 0) is 0 Å². The van der Waals surface area contributed by atoms with Crippen molar-refractivity contribution >= 4 is 21.8 Å². The lowest BCUT2D eigenvalue weighted by atomic mass is 10.1.